The third kappa shape index (κ3) is 6.28. The Morgan fingerprint density at radius 3 is 1.38 bits per heavy atom. The minimum Gasteiger partial charge on any atom is -0.387 e. The largest absolute Gasteiger partial charge is 0.387 e. The summed E-state index contributed by atoms with van der Waals surface area (Å²) in [6.45, 7) is 7.34. The zero-order valence-electron chi connectivity index (χ0n) is 22.6. The smallest absolute Gasteiger partial charge is 0.106 e. The van der Waals surface area contributed by atoms with Crippen molar-refractivity contribution in [2.24, 2.45) is 0 Å². The van der Waals surface area contributed by atoms with E-state index >= 15 is 0 Å². The molecule has 0 aliphatic carbocycles. The lowest BCUT2D eigenvalue weighted by Crippen LogP contribution is -2.45. The molecule has 196 valence electrons. The van der Waals surface area contributed by atoms with Gasteiger partial charge < -0.3 is 9.29 Å². The first-order valence-electron chi connectivity index (χ1n) is 12.9. The molecule has 0 fully saturated rings. The van der Waals surface area contributed by atoms with E-state index in [1.54, 1.807) is 26.2 Å². The van der Waals surface area contributed by atoms with E-state index in [-0.39, 0.29) is 0 Å². The zero-order chi connectivity index (χ0) is 27.5. The number of pyridine rings is 2. The van der Waals surface area contributed by atoms with Crippen molar-refractivity contribution in [1.82, 2.24) is 9.97 Å². The summed E-state index contributed by atoms with van der Waals surface area (Å²) in [5.41, 5.74) is 6.97. The van der Waals surface area contributed by atoms with E-state index in [0.717, 1.165) is 49.4 Å². The Balaban J connectivity index is 1.58. The van der Waals surface area contributed by atoms with E-state index in [2.05, 4.69) is 88.8 Å². The van der Waals surface area contributed by atoms with Crippen LogP contribution in [-0.2, 0) is 4.18 Å². The van der Waals surface area contributed by atoms with E-state index in [1.807, 2.05) is 38.4 Å². The van der Waals surface area contributed by atoms with E-state index in [0.29, 0.717) is 0 Å². The minimum atomic E-state index is -1.00. The van der Waals surface area contributed by atoms with Crippen LogP contribution in [0.1, 0.15) is 27.7 Å². The molecule has 0 saturated carbocycles. The minimum absolute atomic E-state index is 0.756. The third-order valence-electron chi connectivity index (χ3n) is 7.11. The van der Waals surface area contributed by atoms with Crippen LogP contribution in [-0.4, -0.2) is 26.3 Å². The quantitative estimate of drug-likeness (QED) is 0.203. The molecular weight excluding hydrogens is 500 g/mol. The van der Waals surface area contributed by atoms with Crippen LogP contribution in [0.3, 0.4) is 0 Å². The second kappa shape index (κ2) is 11.1. The first-order valence-corrected chi connectivity index (χ1v) is 13.7. The van der Waals surface area contributed by atoms with Crippen molar-refractivity contribution in [3.05, 3.63) is 116 Å². The second-order valence-corrected chi connectivity index (χ2v) is 11.4. The van der Waals surface area contributed by atoms with Crippen LogP contribution < -0.4 is 0 Å². The van der Waals surface area contributed by atoms with Gasteiger partial charge in [0.1, 0.15) is 5.60 Å². The molecule has 2 aromatic heterocycles. The van der Waals surface area contributed by atoms with Crippen LogP contribution in [0.5, 0.6) is 0 Å². The van der Waals surface area contributed by atoms with Crippen molar-refractivity contribution < 1.29 is 9.29 Å². The average molecular weight is 533 g/mol. The van der Waals surface area contributed by atoms with Gasteiger partial charge in [-0.1, -0.05) is 48.5 Å². The summed E-state index contributed by atoms with van der Waals surface area (Å²) in [5, 5.41) is 10.6. The molecule has 5 rings (SSSR count). The Hall–Kier alpha value is -3.77. The molecule has 0 spiro atoms. The fourth-order valence-electron chi connectivity index (χ4n) is 4.06. The summed E-state index contributed by atoms with van der Waals surface area (Å²) in [5.74, 6) is 0. The zero-order valence-corrected chi connectivity index (χ0v) is 23.4. The standard InChI is InChI=1S/C34H32N2O2S/c1-33(2,37)34(3,4)38-39-32-20-30(26-11-5-9-24(17-26)28-13-7-15-35-22-28)19-31(21-32)27-12-6-10-25(18-27)29-14-8-16-36-23-29/h5-23,37H,1-4H3. The van der Waals surface area contributed by atoms with Gasteiger partial charge in [0, 0.05) is 52.9 Å². The van der Waals surface area contributed by atoms with Crippen LogP contribution in [0.15, 0.2) is 121 Å². The van der Waals surface area contributed by atoms with Crippen molar-refractivity contribution in [3.8, 4) is 44.5 Å². The van der Waals surface area contributed by atoms with Crippen LogP contribution in [0.4, 0.5) is 0 Å². The molecule has 0 atom stereocenters. The predicted octanol–water partition coefficient (Wildman–Crippen LogP) is 8.72. The second-order valence-electron chi connectivity index (χ2n) is 10.6. The Labute approximate surface area is 235 Å². The maximum Gasteiger partial charge on any atom is 0.106 e. The molecule has 0 saturated heterocycles. The first kappa shape index (κ1) is 26.8. The topological polar surface area (TPSA) is 55.2 Å². The summed E-state index contributed by atoms with van der Waals surface area (Å²) in [6, 6.07) is 31.5. The highest BCUT2D eigenvalue weighted by Gasteiger charge is 2.37. The monoisotopic (exact) mass is 532 g/mol. The SMILES string of the molecule is CC(C)(O)C(C)(C)OSc1cc(-c2cccc(-c3cccnc3)c2)cc(-c2cccc(-c3cccnc3)c2)c1. The molecule has 0 bridgehead atoms. The van der Waals surface area contributed by atoms with Gasteiger partial charge in [0.05, 0.1) is 5.60 Å². The number of hydrogen-bond donors (Lipinski definition) is 1. The summed E-state index contributed by atoms with van der Waals surface area (Å²) >= 11 is 1.29. The maximum atomic E-state index is 10.6. The first-order chi connectivity index (χ1) is 18.7. The Bertz CT molecular complexity index is 1460. The molecule has 0 radical (unpaired) electrons. The molecule has 0 amide bonds. The number of aliphatic hydroxyl groups is 1. The predicted molar refractivity (Wildman–Crippen MR) is 161 cm³/mol. The highest BCUT2D eigenvalue weighted by molar-refractivity contribution is 7.94. The molecule has 1 N–H and O–H groups in total. The van der Waals surface area contributed by atoms with Gasteiger partial charge in [-0.05, 0) is 104 Å². The number of rotatable bonds is 8. The molecule has 4 nitrogen and oxygen atoms in total. The summed E-state index contributed by atoms with van der Waals surface area (Å²) < 4.78 is 6.20. The lowest BCUT2D eigenvalue weighted by molar-refractivity contribution is -0.0813. The van der Waals surface area contributed by atoms with Crippen molar-refractivity contribution >= 4 is 12.0 Å². The van der Waals surface area contributed by atoms with Gasteiger partial charge in [0.25, 0.3) is 0 Å². The molecule has 0 aliphatic rings. The molecule has 5 aromatic rings. The van der Waals surface area contributed by atoms with Gasteiger partial charge in [0.2, 0.25) is 0 Å². The Kier molecular flexibility index (Phi) is 7.67. The van der Waals surface area contributed by atoms with Gasteiger partial charge >= 0.3 is 0 Å². The number of benzene rings is 3. The third-order valence-corrected chi connectivity index (χ3v) is 8.04. The number of aromatic nitrogens is 2. The van der Waals surface area contributed by atoms with E-state index in [9.17, 15) is 5.11 Å². The van der Waals surface area contributed by atoms with E-state index in [1.165, 1.54) is 12.0 Å². The molecule has 0 aliphatic heterocycles. The summed E-state index contributed by atoms with van der Waals surface area (Å²) in [6.07, 6.45) is 7.34. The fourth-order valence-corrected chi connectivity index (χ4v) is 4.92. The fraction of sp³-hybridized carbons (Fsp3) is 0.176. The van der Waals surface area contributed by atoms with Crippen LogP contribution in [0, 0.1) is 0 Å². The lowest BCUT2D eigenvalue weighted by Gasteiger charge is -2.35. The summed E-state index contributed by atoms with van der Waals surface area (Å²) in [4.78, 5) is 9.53. The van der Waals surface area contributed by atoms with E-state index < -0.39 is 11.2 Å². The van der Waals surface area contributed by atoms with Crippen LogP contribution in [0.2, 0.25) is 0 Å². The molecular formula is C34H32N2O2S. The Morgan fingerprint density at radius 1 is 0.564 bits per heavy atom. The Morgan fingerprint density at radius 2 is 0.974 bits per heavy atom. The highest BCUT2D eigenvalue weighted by atomic mass is 32.2. The normalized spacial score (nSPS) is 11.9. The summed E-state index contributed by atoms with van der Waals surface area (Å²) in [7, 11) is 0. The van der Waals surface area contributed by atoms with Gasteiger partial charge in [-0.15, -0.1) is 0 Å². The van der Waals surface area contributed by atoms with Crippen molar-refractivity contribution in [3.63, 3.8) is 0 Å². The van der Waals surface area contributed by atoms with Crippen LogP contribution in [0.25, 0.3) is 44.5 Å². The average Bonchev–Trinajstić information content (AvgIpc) is 2.96. The van der Waals surface area contributed by atoms with Gasteiger partial charge in [-0.2, -0.15) is 0 Å². The molecule has 39 heavy (non-hydrogen) atoms. The lowest BCUT2D eigenvalue weighted by atomic mass is 9.90. The van der Waals surface area contributed by atoms with Crippen LogP contribution >= 0.6 is 12.0 Å². The molecule has 2 heterocycles. The van der Waals surface area contributed by atoms with Crippen molar-refractivity contribution in [2.75, 3.05) is 0 Å². The molecule has 3 aromatic carbocycles. The number of hydrogen-bond acceptors (Lipinski definition) is 5. The number of nitrogens with zero attached hydrogens (tertiary/aromatic N) is 2. The molecule has 0 unspecified atom stereocenters. The van der Waals surface area contributed by atoms with Crippen molar-refractivity contribution in [2.45, 2.75) is 43.8 Å². The maximum absolute atomic E-state index is 10.6. The van der Waals surface area contributed by atoms with E-state index in [4.69, 9.17) is 4.18 Å². The van der Waals surface area contributed by atoms with Crippen molar-refractivity contribution in [1.29, 1.82) is 0 Å². The van der Waals surface area contributed by atoms with Gasteiger partial charge in [0.15, 0.2) is 0 Å². The highest BCUT2D eigenvalue weighted by Crippen LogP contribution is 2.38. The molecule has 5 heteroatoms. The van der Waals surface area contributed by atoms with Gasteiger partial charge in [-0.25, -0.2) is 0 Å². The van der Waals surface area contributed by atoms with Gasteiger partial charge in [-0.3, -0.25) is 9.97 Å².